The molecule has 0 radical (unpaired) electrons. The topological polar surface area (TPSA) is 21.7 Å². The van der Waals surface area contributed by atoms with Crippen molar-refractivity contribution in [2.75, 3.05) is 31.2 Å². The van der Waals surface area contributed by atoms with E-state index in [-0.39, 0.29) is 12.1 Å². The normalized spacial score (nSPS) is 14.3. The van der Waals surface area contributed by atoms with Crippen molar-refractivity contribution in [3.05, 3.63) is 29.6 Å². The first-order valence-electron chi connectivity index (χ1n) is 6.51. The molecule has 0 aliphatic carbocycles. The molecule has 0 atom stereocenters. The van der Waals surface area contributed by atoms with Crippen molar-refractivity contribution in [3.63, 3.8) is 0 Å². The Morgan fingerprint density at radius 2 is 2.00 bits per heavy atom. The summed E-state index contributed by atoms with van der Waals surface area (Å²) in [7, 11) is 0. The Hall–Kier alpha value is -1.13. The molecule has 3 nitrogen and oxygen atoms in total. The predicted molar refractivity (Wildman–Crippen MR) is 69.4 cm³/mol. The van der Waals surface area contributed by atoms with Crippen LogP contribution in [0.3, 0.4) is 0 Å². The van der Waals surface area contributed by atoms with Gasteiger partial charge < -0.3 is 14.4 Å². The zero-order chi connectivity index (χ0) is 13.0. The molecule has 0 aromatic heterocycles. The lowest BCUT2D eigenvalue weighted by Gasteiger charge is -2.25. The number of fused-ring (bicyclic) bond motifs is 1. The number of anilines is 1. The fourth-order valence-electron chi connectivity index (χ4n) is 2.31. The van der Waals surface area contributed by atoms with Crippen LogP contribution >= 0.6 is 0 Å². The largest absolute Gasteiger partial charge is 0.366 e. The molecule has 0 fully saturated rings. The minimum Gasteiger partial charge on any atom is -0.366 e. The summed E-state index contributed by atoms with van der Waals surface area (Å²) in [5.41, 5.74) is 2.17. The quantitative estimate of drug-likeness (QED) is 0.727. The zero-order valence-electron chi connectivity index (χ0n) is 11.0. The van der Waals surface area contributed by atoms with Gasteiger partial charge in [0.15, 0.2) is 6.29 Å². The van der Waals surface area contributed by atoms with Gasteiger partial charge in [0.2, 0.25) is 0 Å². The summed E-state index contributed by atoms with van der Waals surface area (Å²) in [6.45, 7) is 6.68. The molecule has 0 N–H and O–H groups in total. The molecule has 4 heteroatoms. The van der Waals surface area contributed by atoms with Crippen LogP contribution in [0.15, 0.2) is 18.2 Å². The number of benzene rings is 1. The van der Waals surface area contributed by atoms with E-state index in [9.17, 15) is 4.39 Å². The summed E-state index contributed by atoms with van der Waals surface area (Å²) in [5.74, 6) is -0.190. The van der Waals surface area contributed by atoms with Crippen LogP contribution < -0.4 is 4.90 Å². The summed E-state index contributed by atoms with van der Waals surface area (Å²) in [6, 6.07) is 4.98. The summed E-state index contributed by atoms with van der Waals surface area (Å²) in [4.78, 5) is 2.13. The minimum atomic E-state index is -0.241. The molecule has 0 saturated carbocycles. The van der Waals surface area contributed by atoms with Gasteiger partial charge in [0.05, 0.1) is 6.54 Å². The Bertz CT molecular complexity index is 391. The molecule has 0 unspecified atom stereocenters. The Morgan fingerprint density at radius 3 is 2.67 bits per heavy atom. The van der Waals surface area contributed by atoms with Crippen LogP contribution in [-0.2, 0) is 15.9 Å². The van der Waals surface area contributed by atoms with Crippen LogP contribution in [0.4, 0.5) is 10.1 Å². The van der Waals surface area contributed by atoms with Gasteiger partial charge in [0.1, 0.15) is 5.82 Å². The molecule has 100 valence electrons. The van der Waals surface area contributed by atoms with Gasteiger partial charge in [0, 0.05) is 25.4 Å². The standard InChI is InChI=1S/C14H20FNO2/c1-3-17-14(18-4-2)10-16-8-7-11-5-6-12(15)9-13(11)16/h5-6,9,14H,3-4,7-8,10H2,1-2H3. The fraction of sp³-hybridized carbons (Fsp3) is 0.571. The van der Waals surface area contributed by atoms with Gasteiger partial charge >= 0.3 is 0 Å². The van der Waals surface area contributed by atoms with Crippen LogP contribution in [0.2, 0.25) is 0 Å². The van der Waals surface area contributed by atoms with Gasteiger partial charge in [-0.1, -0.05) is 6.07 Å². The molecule has 2 rings (SSSR count). The molecule has 1 aromatic carbocycles. The summed E-state index contributed by atoms with van der Waals surface area (Å²) in [6.07, 6.45) is 0.717. The first kappa shape index (κ1) is 13.3. The van der Waals surface area contributed by atoms with Gasteiger partial charge in [-0.25, -0.2) is 4.39 Å². The molecular weight excluding hydrogens is 233 g/mol. The molecule has 0 bridgehead atoms. The van der Waals surface area contributed by atoms with E-state index >= 15 is 0 Å². The molecule has 1 aromatic rings. The van der Waals surface area contributed by atoms with Crippen LogP contribution in [0.5, 0.6) is 0 Å². The zero-order valence-corrected chi connectivity index (χ0v) is 11.0. The van der Waals surface area contributed by atoms with E-state index in [2.05, 4.69) is 4.90 Å². The van der Waals surface area contributed by atoms with Crippen molar-refractivity contribution in [1.82, 2.24) is 0 Å². The third kappa shape index (κ3) is 3.00. The lowest BCUT2D eigenvalue weighted by molar-refractivity contribution is -0.129. The van der Waals surface area contributed by atoms with Gasteiger partial charge in [-0.05, 0) is 38.0 Å². The van der Waals surface area contributed by atoms with E-state index in [0.29, 0.717) is 19.8 Å². The first-order valence-corrected chi connectivity index (χ1v) is 6.51. The van der Waals surface area contributed by atoms with Crippen molar-refractivity contribution in [3.8, 4) is 0 Å². The van der Waals surface area contributed by atoms with Gasteiger partial charge in [0.25, 0.3) is 0 Å². The van der Waals surface area contributed by atoms with E-state index in [1.807, 2.05) is 19.9 Å². The van der Waals surface area contributed by atoms with E-state index in [4.69, 9.17) is 9.47 Å². The maximum Gasteiger partial charge on any atom is 0.174 e. The molecule has 1 aliphatic heterocycles. The monoisotopic (exact) mass is 253 g/mol. The lowest BCUT2D eigenvalue weighted by Crippen LogP contribution is -2.34. The first-order chi connectivity index (χ1) is 8.74. The molecule has 0 amide bonds. The maximum absolute atomic E-state index is 13.3. The van der Waals surface area contributed by atoms with Crippen LogP contribution in [0.25, 0.3) is 0 Å². The number of rotatable bonds is 6. The number of hydrogen-bond donors (Lipinski definition) is 0. The third-order valence-corrected chi connectivity index (χ3v) is 3.11. The second kappa shape index (κ2) is 6.16. The van der Waals surface area contributed by atoms with Gasteiger partial charge in [-0.2, -0.15) is 0 Å². The van der Waals surface area contributed by atoms with Crippen molar-refractivity contribution in [1.29, 1.82) is 0 Å². The number of hydrogen-bond acceptors (Lipinski definition) is 3. The summed E-state index contributed by atoms with van der Waals surface area (Å²) >= 11 is 0. The van der Waals surface area contributed by atoms with Crippen LogP contribution in [-0.4, -0.2) is 32.6 Å². The lowest BCUT2D eigenvalue weighted by atomic mass is 10.2. The highest BCUT2D eigenvalue weighted by molar-refractivity contribution is 5.58. The summed E-state index contributed by atoms with van der Waals surface area (Å²) < 4.78 is 24.3. The Labute approximate surface area is 107 Å². The molecule has 1 heterocycles. The molecule has 0 saturated heterocycles. The minimum absolute atomic E-state index is 0.190. The maximum atomic E-state index is 13.3. The Morgan fingerprint density at radius 1 is 1.28 bits per heavy atom. The van der Waals surface area contributed by atoms with E-state index in [0.717, 1.165) is 18.7 Å². The molecule has 0 spiro atoms. The van der Waals surface area contributed by atoms with Crippen LogP contribution in [0.1, 0.15) is 19.4 Å². The van der Waals surface area contributed by atoms with Crippen LogP contribution in [0, 0.1) is 5.82 Å². The van der Waals surface area contributed by atoms with Crippen molar-refractivity contribution >= 4 is 5.69 Å². The van der Waals surface area contributed by atoms with E-state index < -0.39 is 0 Å². The van der Waals surface area contributed by atoms with Crippen molar-refractivity contribution < 1.29 is 13.9 Å². The molecule has 18 heavy (non-hydrogen) atoms. The van der Waals surface area contributed by atoms with E-state index in [1.54, 1.807) is 6.07 Å². The second-order valence-electron chi connectivity index (χ2n) is 4.31. The third-order valence-electron chi connectivity index (χ3n) is 3.11. The highest BCUT2D eigenvalue weighted by atomic mass is 19.1. The van der Waals surface area contributed by atoms with Crippen molar-refractivity contribution in [2.24, 2.45) is 0 Å². The summed E-state index contributed by atoms with van der Waals surface area (Å²) in [5, 5.41) is 0. The molecule has 1 aliphatic rings. The smallest absolute Gasteiger partial charge is 0.174 e. The number of nitrogens with zero attached hydrogens (tertiary/aromatic N) is 1. The van der Waals surface area contributed by atoms with E-state index in [1.165, 1.54) is 11.6 Å². The molecular formula is C14H20FNO2. The average molecular weight is 253 g/mol. The Balaban J connectivity index is 2.05. The second-order valence-corrected chi connectivity index (χ2v) is 4.31. The predicted octanol–water partition coefficient (Wildman–Crippen LogP) is 2.59. The highest BCUT2D eigenvalue weighted by Crippen LogP contribution is 2.28. The number of ether oxygens (including phenoxy) is 2. The Kier molecular flexibility index (Phi) is 4.55. The van der Waals surface area contributed by atoms with Crippen molar-refractivity contribution in [2.45, 2.75) is 26.6 Å². The SMILES string of the molecule is CCOC(CN1CCc2ccc(F)cc21)OCC. The fourth-order valence-corrected chi connectivity index (χ4v) is 2.31. The highest BCUT2D eigenvalue weighted by Gasteiger charge is 2.22. The van der Waals surface area contributed by atoms with Gasteiger partial charge in [-0.3, -0.25) is 0 Å². The number of halogens is 1. The van der Waals surface area contributed by atoms with Gasteiger partial charge in [-0.15, -0.1) is 0 Å². The average Bonchev–Trinajstić information content (AvgIpc) is 2.73.